The van der Waals surface area contributed by atoms with Crippen molar-refractivity contribution in [3.05, 3.63) is 96.1 Å². The molecule has 3 aromatic carbocycles. The third-order valence-electron chi connectivity index (χ3n) is 6.44. The standard InChI is InChI=1S/C29H32O/c1-3-4-22-5-9-24(10-6-22)26-13-17-28(18-14-26)29-19-15-27(16-20-29)25-11-7-23(8-12-25)21-30-2/h3-4,7-8,11-20,22,24H,5-6,9-10,21H2,1-2H3/b4-3-. The molecule has 154 valence electrons. The monoisotopic (exact) mass is 396 g/mol. The summed E-state index contributed by atoms with van der Waals surface area (Å²) in [6.07, 6.45) is 9.87. The number of rotatable bonds is 6. The Kier molecular flexibility index (Phi) is 6.81. The highest BCUT2D eigenvalue weighted by Gasteiger charge is 2.20. The molecule has 1 nitrogen and oxygen atoms in total. The minimum atomic E-state index is 0.659. The number of hydrogen-bond donors (Lipinski definition) is 0. The lowest BCUT2D eigenvalue weighted by Gasteiger charge is -2.27. The Morgan fingerprint density at radius 3 is 1.63 bits per heavy atom. The molecule has 0 aliphatic heterocycles. The zero-order valence-electron chi connectivity index (χ0n) is 18.2. The van der Waals surface area contributed by atoms with E-state index in [-0.39, 0.29) is 0 Å². The molecule has 30 heavy (non-hydrogen) atoms. The average molecular weight is 397 g/mol. The molecular weight excluding hydrogens is 364 g/mol. The molecule has 1 aliphatic rings. The first-order valence-corrected chi connectivity index (χ1v) is 11.2. The quantitative estimate of drug-likeness (QED) is 0.383. The Morgan fingerprint density at radius 1 is 0.700 bits per heavy atom. The fourth-order valence-electron chi connectivity index (χ4n) is 4.68. The van der Waals surface area contributed by atoms with Crippen molar-refractivity contribution in [1.82, 2.24) is 0 Å². The Hall–Kier alpha value is -2.64. The molecule has 0 unspecified atom stereocenters. The van der Waals surface area contributed by atoms with E-state index in [0.717, 1.165) is 11.8 Å². The van der Waals surface area contributed by atoms with Crippen molar-refractivity contribution in [2.45, 2.75) is 45.1 Å². The summed E-state index contributed by atoms with van der Waals surface area (Å²) in [5.41, 5.74) is 7.77. The van der Waals surface area contributed by atoms with Crippen molar-refractivity contribution in [3.63, 3.8) is 0 Å². The smallest absolute Gasteiger partial charge is 0.0713 e. The minimum absolute atomic E-state index is 0.659. The van der Waals surface area contributed by atoms with Gasteiger partial charge < -0.3 is 4.74 Å². The molecule has 1 aliphatic carbocycles. The maximum absolute atomic E-state index is 5.20. The van der Waals surface area contributed by atoms with E-state index in [1.165, 1.54) is 59.1 Å². The van der Waals surface area contributed by atoms with Gasteiger partial charge in [-0.15, -0.1) is 0 Å². The normalized spacial score (nSPS) is 19.3. The summed E-state index contributed by atoms with van der Waals surface area (Å²) in [6.45, 7) is 2.79. The molecule has 0 spiro atoms. The van der Waals surface area contributed by atoms with Crippen LogP contribution in [0.15, 0.2) is 84.9 Å². The van der Waals surface area contributed by atoms with Gasteiger partial charge in [0.2, 0.25) is 0 Å². The molecule has 4 rings (SSSR count). The van der Waals surface area contributed by atoms with Crippen molar-refractivity contribution in [2.75, 3.05) is 7.11 Å². The van der Waals surface area contributed by atoms with Crippen LogP contribution < -0.4 is 0 Å². The molecule has 0 amide bonds. The van der Waals surface area contributed by atoms with Crippen molar-refractivity contribution in [3.8, 4) is 22.3 Å². The summed E-state index contributed by atoms with van der Waals surface area (Å²) >= 11 is 0. The summed E-state index contributed by atoms with van der Waals surface area (Å²) in [7, 11) is 1.73. The van der Waals surface area contributed by atoms with Crippen molar-refractivity contribution in [1.29, 1.82) is 0 Å². The third-order valence-corrected chi connectivity index (χ3v) is 6.44. The molecule has 1 heteroatoms. The molecule has 0 saturated heterocycles. The summed E-state index contributed by atoms with van der Waals surface area (Å²) in [4.78, 5) is 0. The molecule has 0 aromatic heterocycles. The molecule has 0 bridgehead atoms. The van der Waals surface area contributed by atoms with Gasteiger partial charge in [-0.05, 0) is 77.8 Å². The summed E-state index contributed by atoms with van der Waals surface area (Å²) in [5.74, 6) is 1.52. The maximum atomic E-state index is 5.20. The zero-order chi connectivity index (χ0) is 20.8. The second-order valence-corrected chi connectivity index (χ2v) is 8.47. The van der Waals surface area contributed by atoms with Crippen molar-refractivity contribution < 1.29 is 4.74 Å². The van der Waals surface area contributed by atoms with Gasteiger partial charge in [-0.2, -0.15) is 0 Å². The molecule has 0 heterocycles. The molecule has 0 radical (unpaired) electrons. The third kappa shape index (κ3) is 4.91. The van der Waals surface area contributed by atoms with Crippen LogP contribution in [0.5, 0.6) is 0 Å². The van der Waals surface area contributed by atoms with Gasteiger partial charge in [0, 0.05) is 7.11 Å². The first-order valence-electron chi connectivity index (χ1n) is 11.2. The molecule has 1 fully saturated rings. The van der Waals surface area contributed by atoms with Crippen molar-refractivity contribution >= 4 is 0 Å². The van der Waals surface area contributed by atoms with Gasteiger partial charge in [-0.1, -0.05) is 84.9 Å². The molecule has 0 N–H and O–H groups in total. The molecular formula is C29H32O. The fourth-order valence-corrected chi connectivity index (χ4v) is 4.68. The predicted octanol–water partition coefficient (Wildman–Crippen LogP) is 8.02. The number of benzene rings is 3. The van der Waals surface area contributed by atoms with Gasteiger partial charge in [0.25, 0.3) is 0 Å². The molecule has 1 saturated carbocycles. The molecule has 0 atom stereocenters. The van der Waals surface area contributed by atoms with E-state index < -0.39 is 0 Å². The lowest BCUT2D eigenvalue weighted by atomic mass is 9.78. The fraction of sp³-hybridized carbons (Fsp3) is 0.310. The Bertz CT molecular complexity index is 941. The number of hydrogen-bond acceptors (Lipinski definition) is 1. The highest BCUT2D eigenvalue weighted by Crippen LogP contribution is 2.37. The lowest BCUT2D eigenvalue weighted by molar-refractivity contribution is 0.185. The number of methoxy groups -OCH3 is 1. The first kappa shape index (κ1) is 20.6. The average Bonchev–Trinajstić information content (AvgIpc) is 2.81. The van der Waals surface area contributed by atoms with Crippen LogP contribution in [0.4, 0.5) is 0 Å². The largest absolute Gasteiger partial charge is 0.380 e. The van der Waals surface area contributed by atoms with Crippen molar-refractivity contribution in [2.24, 2.45) is 5.92 Å². The second-order valence-electron chi connectivity index (χ2n) is 8.47. The Balaban J connectivity index is 1.42. The first-order chi connectivity index (χ1) is 14.8. The lowest BCUT2D eigenvalue weighted by Crippen LogP contribution is -2.11. The molecule has 3 aromatic rings. The Labute approximate surface area is 181 Å². The van der Waals surface area contributed by atoms with Gasteiger partial charge in [-0.3, -0.25) is 0 Å². The second kappa shape index (κ2) is 9.91. The minimum Gasteiger partial charge on any atom is -0.380 e. The van der Waals surface area contributed by atoms with Gasteiger partial charge in [-0.25, -0.2) is 0 Å². The number of ether oxygens (including phenoxy) is 1. The summed E-state index contributed by atoms with van der Waals surface area (Å²) < 4.78 is 5.20. The van der Waals surface area contributed by atoms with Crippen LogP contribution in [0.1, 0.15) is 49.7 Å². The van der Waals surface area contributed by atoms with Crippen LogP contribution in [0.2, 0.25) is 0 Å². The van der Waals surface area contributed by atoms with Gasteiger partial charge in [0.1, 0.15) is 0 Å². The van der Waals surface area contributed by atoms with Crippen LogP contribution >= 0.6 is 0 Å². The SMILES string of the molecule is C/C=C\C1CCC(c2ccc(-c3ccc(-c4ccc(COC)cc4)cc3)cc2)CC1. The topological polar surface area (TPSA) is 9.23 Å². The van der Waals surface area contributed by atoms with Crippen LogP contribution in [-0.2, 0) is 11.3 Å². The van der Waals surface area contributed by atoms with Gasteiger partial charge in [0.05, 0.1) is 6.61 Å². The van der Waals surface area contributed by atoms with E-state index >= 15 is 0 Å². The zero-order valence-corrected chi connectivity index (χ0v) is 18.2. The highest BCUT2D eigenvalue weighted by molar-refractivity contribution is 5.70. The van der Waals surface area contributed by atoms with E-state index in [4.69, 9.17) is 4.74 Å². The van der Waals surface area contributed by atoms with Gasteiger partial charge >= 0.3 is 0 Å². The van der Waals surface area contributed by atoms with Crippen LogP contribution in [0.3, 0.4) is 0 Å². The van der Waals surface area contributed by atoms with E-state index in [9.17, 15) is 0 Å². The van der Waals surface area contributed by atoms with E-state index in [0.29, 0.717) is 6.61 Å². The van der Waals surface area contributed by atoms with Crippen LogP contribution in [-0.4, -0.2) is 7.11 Å². The summed E-state index contributed by atoms with van der Waals surface area (Å²) in [5, 5.41) is 0. The predicted molar refractivity (Wildman–Crippen MR) is 128 cm³/mol. The maximum Gasteiger partial charge on any atom is 0.0713 e. The van der Waals surface area contributed by atoms with E-state index in [1.54, 1.807) is 7.11 Å². The van der Waals surface area contributed by atoms with Crippen LogP contribution in [0, 0.1) is 5.92 Å². The number of allylic oxidation sites excluding steroid dienone is 2. The van der Waals surface area contributed by atoms with E-state index in [2.05, 4.69) is 91.9 Å². The summed E-state index contributed by atoms with van der Waals surface area (Å²) in [6, 6.07) is 26.8. The Morgan fingerprint density at radius 2 is 1.17 bits per heavy atom. The highest BCUT2D eigenvalue weighted by atomic mass is 16.5. The van der Waals surface area contributed by atoms with Gasteiger partial charge in [0.15, 0.2) is 0 Å². The van der Waals surface area contributed by atoms with Crippen LogP contribution in [0.25, 0.3) is 22.3 Å². The van der Waals surface area contributed by atoms with E-state index in [1.807, 2.05) is 0 Å².